The summed E-state index contributed by atoms with van der Waals surface area (Å²) in [6, 6.07) is 5.60. The molecule has 0 aliphatic heterocycles. The summed E-state index contributed by atoms with van der Waals surface area (Å²) in [5, 5.41) is 6.96. The van der Waals surface area contributed by atoms with E-state index in [1.807, 2.05) is 0 Å². The molecule has 1 fully saturated rings. The van der Waals surface area contributed by atoms with E-state index in [-0.39, 0.29) is 18.4 Å². The summed E-state index contributed by atoms with van der Waals surface area (Å²) in [7, 11) is 3.15. The highest BCUT2D eigenvalue weighted by Gasteiger charge is 2.18. The molecule has 0 saturated heterocycles. The SMILES string of the molecule is COc1cc(OC)cc(-c2nc(CC(=O)NC3CCCCC3)no2)c1. The number of hydrogen-bond acceptors (Lipinski definition) is 6. The molecule has 0 spiro atoms. The van der Waals surface area contributed by atoms with Crippen molar-refractivity contribution in [1.82, 2.24) is 15.5 Å². The van der Waals surface area contributed by atoms with E-state index in [0.29, 0.717) is 28.8 Å². The van der Waals surface area contributed by atoms with E-state index in [2.05, 4.69) is 15.5 Å². The quantitative estimate of drug-likeness (QED) is 0.866. The maximum Gasteiger partial charge on any atom is 0.258 e. The topological polar surface area (TPSA) is 86.5 Å². The Morgan fingerprint density at radius 2 is 1.84 bits per heavy atom. The van der Waals surface area contributed by atoms with Crippen LogP contribution in [0, 0.1) is 0 Å². The Morgan fingerprint density at radius 3 is 2.48 bits per heavy atom. The Bertz CT molecular complexity index is 701. The summed E-state index contributed by atoms with van der Waals surface area (Å²) in [6.07, 6.45) is 5.81. The fraction of sp³-hybridized carbons (Fsp3) is 0.500. The van der Waals surface area contributed by atoms with Gasteiger partial charge in [-0.05, 0) is 25.0 Å². The van der Waals surface area contributed by atoms with E-state index in [1.165, 1.54) is 19.3 Å². The van der Waals surface area contributed by atoms with Gasteiger partial charge in [-0.15, -0.1) is 0 Å². The molecule has 1 aromatic heterocycles. The molecule has 3 rings (SSSR count). The number of nitrogens with one attached hydrogen (secondary N) is 1. The van der Waals surface area contributed by atoms with Gasteiger partial charge in [0.1, 0.15) is 11.5 Å². The third-order valence-corrected chi connectivity index (χ3v) is 4.36. The highest BCUT2D eigenvalue weighted by Crippen LogP contribution is 2.28. The van der Waals surface area contributed by atoms with E-state index < -0.39 is 0 Å². The highest BCUT2D eigenvalue weighted by atomic mass is 16.5. The molecule has 0 radical (unpaired) electrons. The number of carbonyl (C=O) groups is 1. The Balaban J connectivity index is 1.66. The smallest absolute Gasteiger partial charge is 0.258 e. The predicted molar refractivity (Wildman–Crippen MR) is 91.6 cm³/mol. The van der Waals surface area contributed by atoms with Crippen molar-refractivity contribution in [3.05, 3.63) is 24.0 Å². The molecule has 1 aliphatic rings. The lowest BCUT2D eigenvalue weighted by Gasteiger charge is -2.22. The lowest BCUT2D eigenvalue weighted by molar-refractivity contribution is -0.121. The van der Waals surface area contributed by atoms with Crippen molar-refractivity contribution in [3.63, 3.8) is 0 Å². The number of methoxy groups -OCH3 is 2. The molecular weight excluding hydrogens is 322 g/mol. The second-order valence-electron chi connectivity index (χ2n) is 6.20. The lowest BCUT2D eigenvalue weighted by atomic mass is 9.95. The van der Waals surface area contributed by atoms with Gasteiger partial charge in [0, 0.05) is 17.7 Å². The van der Waals surface area contributed by atoms with Crippen molar-refractivity contribution in [2.75, 3.05) is 14.2 Å². The molecular formula is C18H23N3O4. The molecule has 1 N–H and O–H groups in total. The standard InChI is InChI=1S/C18H23N3O4/c1-23-14-8-12(9-15(10-14)24-2)18-20-16(21-25-18)11-17(22)19-13-6-4-3-5-7-13/h8-10,13H,3-7,11H2,1-2H3,(H,19,22). The van der Waals surface area contributed by atoms with Crippen LogP contribution in [-0.2, 0) is 11.2 Å². The van der Waals surface area contributed by atoms with Crippen LogP contribution in [0.2, 0.25) is 0 Å². The summed E-state index contributed by atoms with van der Waals surface area (Å²) in [5.41, 5.74) is 0.683. The van der Waals surface area contributed by atoms with Crippen LogP contribution in [0.5, 0.6) is 11.5 Å². The van der Waals surface area contributed by atoms with Gasteiger partial charge in [0.05, 0.1) is 20.6 Å². The van der Waals surface area contributed by atoms with Gasteiger partial charge < -0.3 is 19.3 Å². The van der Waals surface area contributed by atoms with Crippen molar-refractivity contribution in [2.45, 2.75) is 44.6 Å². The summed E-state index contributed by atoms with van der Waals surface area (Å²) in [5.74, 6) is 1.89. The van der Waals surface area contributed by atoms with E-state index >= 15 is 0 Å². The summed E-state index contributed by atoms with van der Waals surface area (Å²) in [6.45, 7) is 0. The normalized spacial score (nSPS) is 15.0. The van der Waals surface area contributed by atoms with E-state index in [1.54, 1.807) is 32.4 Å². The van der Waals surface area contributed by atoms with Crippen LogP contribution in [0.15, 0.2) is 22.7 Å². The van der Waals surface area contributed by atoms with Crippen molar-refractivity contribution < 1.29 is 18.8 Å². The minimum absolute atomic E-state index is 0.0672. The van der Waals surface area contributed by atoms with Gasteiger partial charge in [-0.1, -0.05) is 24.4 Å². The van der Waals surface area contributed by atoms with Gasteiger partial charge in [0.2, 0.25) is 5.91 Å². The van der Waals surface area contributed by atoms with Crippen LogP contribution in [0.3, 0.4) is 0 Å². The summed E-state index contributed by atoms with van der Waals surface area (Å²) in [4.78, 5) is 16.5. The highest BCUT2D eigenvalue weighted by molar-refractivity contribution is 5.78. The van der Waals surface area contributed by atoms with E-state index in [4.69, 9.17) is 14.0 Å². The molecule has 0 bridgehead atoms. The Kier molecular flexibility index (Phi) is 5.53. The Morgan fingerprint density at radius 1 is 1.16 bits per heavy atom. The second-order valence-corrected chi connectivity index (χ2v) is 6.20. The first-order valence-corrected chi connectivity index (χ1v) is 8.53. The van der Waals surface area contributed by atoms with Crippen molar-refractivity contribution in [1.29, 1.82) is 0 Å². The first kappa shape index (κ1) is 17.3. The zero-order chi connectivity index (χ0) is 17.6. The molecule has 0 atom stereocenters. The molecule has 2 aromatic rings. The van der Waals surface area contributed by atoms with Gasteiger partial charge >= 0.3 is 0 Å². The average Bonchev–Trinajstić information content (AvgIpc) is 3.10. The average molecular weight is 345 g/mol. The molecule has 1 amide bonds. The minimum atomic E-state index is -0.0672. The summed E-state index contributed by atoms with van der Waals surface area (Å²) < 4.78 is 15.8. The van der Waals surface area contributed by atoms with Crippen LogP contribution >= 0.6 is 0 Å². The van der Waals surface area contributed by atoms with Crippen LogP contribution in [0.1, 0.15) is 37.9 Å². The first-order chi connectivity index (χ1) is 12.2. The number of amides is 1. The van der Waals surface area contributed by atoms with Crippen molar-refractivity contribution in [2.24, 2.45) is 0 Å². The number of ether oxygens (including phenoxy) is 2. The third kappa shape index (κ3) is 4.49. The summed E-state index contributed by atoms with van der Waals surface area (Å²) >= 11 is 0. The van der Waals surface area contributed by atoms with Crippen LogP contribution in [0.25, 0.3) is 11.5 Å². The van der Waals surface area contributed by atoms with Gasteiger partial charge in [-0.25, -0.2) is 0 Å². The number of benzene rings is 1. The number of hydrogen-bond donors (Lipinski definition) is 1. The number of nitrogens with zero attached hydrogens (tertiary/aromatic N) is 2. The zero-order valence-corrected chi connectivity index (χ0v) is 14.6. The molecule has 1 saturated carbocycles. The van der Waals surface area contributed by atoms with Crippen molar-refractivity contribution in [3.8, 4) is 23.0 Å². The van der Waals surface area contributed by atoms with Gasteiger partial charge in [-0.3, -0.25) is 4.79 Å². The van der Waals surface area contributed by atoms with E-state index in [9.17, 15) is 4.79 Å². The maximum atomic E-state index is 12.2. The Labute approximate surface area is 146 Å². The fourth-order valence-corrected chi connectivity index (χ4v) is 3.04. The molecule has 25 heavy (non-hydrogen) atoms. The third-order valence-electron chi connectivity index (χ3n) is 4.36. The minimum Gasteiger partial charge on any atom is -0.497 e. The largest absolute Gasteiger partial charge is 0.497 e. The maximum absolute atomic E-state index is 12.2. The van der Waals surface area contributed by atoms with Crippen molar-refractivity contribution >= 4 is 5.91 Å². The fourth-order valence-electron chi connectivity index (χ4n) is 3.04. The first-order valence-electron chi connectivity index (χ1n) is 8.53. The molecule has 1 heterocycles. The van der Waals surface area contributed by atoms with E-state index in [0.717, 1.165) is 12.8 Å². The number of rotatable bonds is 6. The molecule has 1 aliphatic carbocycles. The van der Waals surface area contributed by atoms with Crippen LogP contribution in [0.4, 0.5) is 0 Å². The van der Waals surface area contributed by atoms with Gasteiger partial charge in [0.25, 0.3) is 5.89 Å². The second kappa shape index (κ2) is 8.00. The molecule has 1 aromatic carbocycles. The monoisotopic (exact) mass is 345 g/mol. The molecule has 7 heteroatoms. The Hall–Kier alpha value is -2.57. The lowest BCUT2D eigenvalue weighted by Crippen LogP contribution is -2.37. The predicted octanol–water partition coefficient (Wildman–Crippen LogP) is 2.75. The number of carbonyl (C=O) groups excluding carboxylic acids is 1. The zero-order valence-electron chi connectivity index (χ0n) is 14.6. The van der Waals surface area contributed by atoms with Crippen LogP contribution < -0.4 is 14.8 Å². The molecule has 0 unspecified atom stereocenters. The van der Waals surface area contributed by atoms with Gasteiger partial charge in [-0.2, -0.15) is 4.98 Å². The molecule has 134 valence electrons. The van der Waals surface area contributed by atoms with Gasteiger partial charge in [0.15, 0.2) is 5.82 Å². The molecule has 7 nitrogen and oxygen atoms in total. The van der Waals surface area contributed by atoms with Crippen LogP contribution in [-0.4, -0.2) is 36.3 Å². The number of aromatic nitrogens is 2.